The van der Waals surface area contributed by atoms with E-state index in [-0.39, 0.29) is 5.03 Å². The Kier molecular flexibility index (Phi) is 3.34. The van der Waals surface area contributed by atoms with Crippen molar-refractivity contribution in [1.82, 2.24) is 0 Å². The Morgan fingerprint density at radius 2 is 2.00 bits per heavy atom. The first kappa shape index (κ1) is 10.1. The largest absolute Gasteiger partial charge is 0.477 e. The normalized spacial score (nSPS) is 11.4. The highest BCUT2D eigenvalue weighted by Crippen LogP contribution is 2.19. The van der Waals surface area contributed by atoms with E-state index in [0.717, 1.165) is 0 Å². The molecule has 0 amide bonds. The predicted octanol–water partition coefficient (Wildman–Crippen LogP) is 3.00. The summed E-state index contributed by atoms with van der Waals surface area (Å²) in [7, 11) is 0. The van der Waals surface area contributed by atoms with Crippen LogP contribution in [0.5, 0.6) is 0 Å². The second kappa shape index (κ2) is 4.30. The van der Waals surface area contributed by atoms with Gasteiger partial charge in [0.05, 0.1) is 0 Å². The first-order chi connectivity index (χ1) is 6.11. The van der Waals surface area contributed by atoms with E-state index in [4.69, 9.17) is 28.3 Å². The van der Waals surface area contributed by atoms with E-state index >= 15 is 0 Å². The van der Waals surface area contributed by atoms with E-state index < -0.39 is 5.97 Å². The topological polar surface area (TPSA) is 37.3 Å². The molecule has 1 rings (SSSR count). The summed E-state index contributed by atoms with van der Waals surface area (Å²) in [6.45, 7) is 0. The van der Waals surface area contributed by atoms with Crippen LogP contribution in [-0.2, 0) is 4.79 Å². The molecule has 0 heterocycles. The fourth-order valence-corrected chi connectivity index (χ4v) is 1.10. The van der Waals surface area contributed by atoms with Gasteiger partial charge in [-0.3, -0.25) is 0 Å². The molecule has 0 aliphatic heterocycles. The van der Waals surface area contributed by atoms with Crippen molar-refractivity contribution in [3.8, 4) is 0 Å². The van der Waals surface area contributed by atoms with Gasteiger partial charge in [0.2, 0.25) is 0 Å². The maximum absolute atomic E-state index is 10.4. The number of carboxylic acids is 1. The molecule has 1 aromatic carbocycles. The Morgan fingerprint density at radius 1 is 1.38 bits per heavy atom. The zero-order chi connectivity index (χ0) is 9.84. The lowest BCUT2D eigenvalue weighted by Gasteiger charge is -1.96. The van der Waals surface area contributed by atoms with Crippen LogP contribution in [0.2, 0.25) is 5.02 Å². The summed E-state index contributed by atoms with van der Waals surface area (Å²) in [5.74, 6) is -1.17. The first-order valence-electron chi connectivity index (χ1n) is 3.46. The van der Waals surface area contributed by atoms with Crippen molar-refractivity contribution in [3.05, 3.63) is 39.9 Å². The number of halogens is 2. The minimum absolute atomic E-state index is 0.256. The highest BCUT2D eigenvalue weighted by Gasteiger charge is 2.03. The van der Waals surface area contributed by atoms with Crippen LogP contribution >= 0.6 is 23.2 Å². The summed E-state index contributed by atoms with van der Waals surface area (Å²) in [6, 6.07) is 6.87. The van der Waals surface area contributed by atoms with Gasteiger partial charge in [0, 0.05) is 5.02 Å². The van der Waals surface area contributed by atoms with Gasteiger partial charge in [0.1, 0.15) is 5.03 Å². The van der Waals surface area contributed by atoms with Gasteiger partial charge in [-0.05, 0) is 17.7 Å². The van der Waals surface area contributed by atoms with Crippen LogP contribution < -0.4 is 0 Å². The maximum Gasteiger partial charge on any atom is 0.347 e. The highest BCUT2D eigenvalue weighted by molar-refractivity contribution is 6.43. The lowest BCUT2D eigenvalue weighted by Crippen LogP contribution is -1.93. The first-order valence-corrected chi connectivity index (χ1v) is 4.22. The predicted molar refractivity (Wildman–Crippen MR) is 52.9 cm³/mol. The SMILES string of the molecule is O=C(O)/C(Cl)=C/c1ccccc1Cl. The van der Waals surface area contributed by atoms with Crippen molar-refractivity contribution < 1.29 is 9.90 Å². The number of benzene rings is 1. The van der Waals surface area contributed by atoms with E-state index in [1.807, 2.05) is 0 Å². The van der Waals surface area contributed by atoms with E-state index in [1.165, 1.54) is 6.08 Å². The Labute approximate surface area is 85.4 Å². The van der Waals surface area contributed by atoms with Crippen LogP contribution in [0.25, 0.3) is 6.08 Å². The van der Waals surface area contributed by atoms with Crippen molar-refractivity contribution in [1.29, 1.82) is 0 Å². The third-order valence-corrected chi connectivity index (χ3v) is 2.01. The molecule has 2 nitrogen and oxygen atoms in total. The molecule has 0 saturated carbocycles. The lowest BCUT2D eigenvalue weighted by atomic mass is 10.2. The summed E-state index contributed by atoms with van der Waals surface area (Å²) < 4.78 is 0. The molecule has 13 heavy (non-hydrogen) atoms. The Hall–Kier alpha value is -0.990. The van der Waals surface area contributed by atoms with Gasteiger partial charge >= 0.3 is 5.97 Å². The second-order valence-corrected chi connectivity index (χ2v) is 3.13. The van der Waals surface area contributed by atoms with Gasteiger partial charge < -0.3 is 5.11 Å². The van der Waals surface area contributed by atoms with E-state index in [9.17, 15) is 4.79 Å². The fourth-order valence-electron chi connectivity index (χ4n) is 0.790. The van der Waals surface area contributed by atoms with Gasteiger partial charge in [-0.1, -0.05) is 41.4 Å². The maximum atomic E-state index is 10.4. The van der Waals surface area contributed by atoms with Gasteiger partial charge in [-0.15, -0.1) is 0 Å². The number of hydrogen-bond donors (Lipinski definition) is 1. The van der Waals surface area contributed by atoms with Crippen molar-refractivity contribution >= 4 is 35.2 Å². The Morgan fingerprint density at radius 3 is 2.54 bits per heavy atom. The average Bonchev–Trinajstić information content (AvgIpc) is 2.08. The van der Waals surface area contributed by atoms with Crippen molar-refractivity contribution in [2.75, 3.05) is 0 Å². The molecular formula is C9H6Cl2O2. The van der Waals surface area contributed by atoms with E-state index in [1.54, 1.807) is 24.3 Å². The van der Waals surface area contributed by atoms with Crippen LogP contribution in [-0.4, -0.2) is 11.1 Å². The van der Waals surface area contributed by atoms with Gasteiger partial charge in [-0.25, -0.2) is 4.79 Å². The molecular weight excluding hydrogens is 211 g/mol. The molecule has 0 aliphatic carbocycles. The molecule has 0 saturated heterocycles. The Bertz CT molecular complexity index is 358. The zero-order valence-electron chi connectivity index (χ0n) is 6.50. The summed E-state index contributed by atoms with van der Waals surface area (Å²) in [4.78, 5) is 10.4. The number of carbonyl (C=O) groups is 1. The minimum atomic E-state index is -1.17. The Balaban J connectivity index is 3.04. The minimum Gasteiger partial charge on any atom is -0.477 e. The van der Waals surface area contributed by atoms with E-state index in [0.29, 0.717) is 10.6 Å². The summed E-state index contributed by atoms with van der Waals surface area (Å²) in [6.07, 6.45) is 1.31. The van der Waals surface area contributed by atoms with Crippen LogP contribution in [0.4, 0.5) is 0 Å². The third-order valence-electron chi connectivity index (χ3n) is 1.39. The third kappa shape index (κ3) is 2.76. The molecule has 4 heteroatoms. The van der Waals surface area contributed by atoms with Crippen molar-refractivity contribution in [3.63, 3.8) is 0 Å². The summed E-state index contributed by atoms with van der Waals surface area (Å²) in [5.41, 5.74) is 0.594. The van der Waals surface area contributed by atoms with Crippen LogP contribution in [0.3, 0.4) is 0 Å². The average molecular weight is 217 g/mol. The monoisotopic (exact) mass is 216 g/mol. The molecule has 1 N–H and O–H groups in total. The lowest BCUT2D eigenvalue weighted by molar-refractivity contribution is -0.131. The van der Waals surface area contributed by atoms with Gasteiger partial charge in [0.15, 0.2) is 0 Å². The van der Waals surface area contributed by atoms with Crippen LogP contribution in [0, 0.1) is 0 Å². The molecule has 1 aromatic rings. The number of hydrogen-bond acceptors (Lipinski definition) is 1. The number of carboxylic acid groups (broad SMARTS) is 1. The van der Waals surface area contributed by atoms with Crippen molar-refractivity contribution in [2.24, 2.45) is 0 Å². The molecule has 0 fully saturated rings. The van der Waals surface area contributed by atoms with Crippen LogP contribution in [0.1, 0.15) is 5.56 Å². The molecule has 68 valence electrons. The zero-order valence-corrected chi connectivity index (χ0v) is 8.01. The van der Waals surface area contributed by atoms with Crippen molar-refractivity contribution in [2.45, 2.75) is 0 Å². The quantitative estimate of drug-likeness (QED) is 0.773. The number of rotatable bonds is 2. The van der Waals surface area contributed by atoms with Gasteiger partial charge in [0.25, 0.3) is 0 Å². The molecule has 0 atom stereocenters. The second-order valence-electron chi connectivity index (χ2n) is 2.32. The molecule has 0 unspecified atom stereocenters. The number of aliphatic carboxylic acids is 1. The highest BCUT2D eigenvalue weighted by atomic mass is 35.5. The molecule has 0 aromatic heterocycles. The smallest absolute Gasteiger partial charge is 0.347 e. The van der Waals surface area contributed by atoms with E-state index in [2.05, 4.69) is 0 Å². The molecule has 0 spiro atoms. The van der Waals surface area contributed by atoms with Crippen LogP contribution in [0.15, 0.2) is 29.3 Å². The summed E-state index contributed by atoms with van der Waals surface area (Å²) in [5, 5.41) is 8.71. The van der Waals surface area contributed by atoms with Gasteiger partial charge in [-0.2, -0.15) is 0 Å². The standard InChI is InChI=1S/C9H6Cl2O2/c10-7-4-2-1-3-6(7)5-8(11)9(12)13/h1-5H,(H,12,13)/b8-5-. The molecule has 0 aliphatic rings. The summed E-state index contributed by atoms with van der Waals surface area (Å²) >= 11 is 11.2. The molecule has 0 bridgehead atoms. The molecule has 0 radical (unpaired) electrons. The fraction of sp³-hybridized carbons (Fsp3) is 0.